The second-order valence-corrected chi connectivity index (χ2v) is 9.98. The molecule has 1 saturated heterocycles. The molecule has 2 aliphatic heterocycles. The molecule has 188 valence electrons. The van der Waals surface area contributed by atoms with Gasteiger partial charge in [-0.3, -0.25) is 4.79 Å². The molecule has 0 aliphatic carbocycles. The van der Waals surface area contributed by atoms with Crippen molar-refractivity contribution in [3.8, 4) is 16.9 Å². The Balaban J connectivity index is 1.34. The summed E-state index contributed by atoms with van der Waals surface area (Å²) in [6.45, 7) is 7.48. The fourth-order valence-corrected chi connectivity index (χ4v) is 4.32. The van der Waals surface area contributed by atoms with Crippen molar-refractivity contribution in [2.75, 3.05) is 26.2 Å². The van der Waals surface area contributed by atoms with Crippen molar-refractivity contribution in [3.63, 3.8) is 0 Å². The van der Waals surface area contributed by atoms with Crippen LogP contribution in [0.25, 0.3) is 11.1 Å². The number of carbonyl (C=O) groups excluding carboxylic acids is 2. The monoisotopic (exact) mass is 482 g/mol. The average molecular weight is 483 g/mol. The zero-order valence-corrected chi connectivity index (χ0v) is 20.6. The van der Waals surface area contributed by atoms with Crippen molar-refractivity contribution >= 4 is 12.0 Å². The lowest BCUT2D eigenvalue weighted by Crippen LogP contribution is -2.45. The Bertz CT molecular complexity index is 1040. The standard InChI is InChI=1S/C27H34N2O6/c1-27(2,3)35-26(32)29-13-10-20(11-14-29)25-33-17-22-16-21(8-9-23(22)34-25)18-4-6-19(7-5-18)24(31)28-12-15-30/h4-9,16,20,25,30H,10-15,17H2,1-3H3,(H,28,31). The summed E-state index contributed by atoms with van der Waals surface area (Å²) in [6, 6.07) is 13.4. The first-order valence-corrected chi connectivity index (χ1v) is 12.1. The van der Waals surface area contributed by atoms with Gasteiger partial charge in [0.1, 0.15) is 11.4 Å². The van der Waals surface area contributed by atoms with Crippen LogP contribution in [0.15, 0.2) is 42.5 Å². The molecule has 8 heteroatoms. The molecule has 0 saturated carbocycles. The molecular formula is C27H34N2O6. The summed E-state index contributed by atoms with van der Waals surface area (Å²) >= 11 is 0. The van der Waals surface area contributed by atoms with Crippen LogP contribution in [0.2, 0.25) is 0 Å². The maximum atomic E-state index is 12.3. The normalized spacial score (nSPS) is 18.4. The van der Waals surface area contributed by atoms with Gasteiger partial charge in [0.2, 0.25) is 6.29 Å². The van der Waals surface area contributed by atoms with Crippen molar-refractivity contribution in [1.82, 2.24) is 10.2 Å². The predicted molar refractivity (Wildman–Crippen MR) is 131 cm³/mol. The van der Waals surface area contributed by atoms with Gasteiger partial charge in [0, 0.05) is 36.7 Å². The minimum absolute atomic E-state index is 0.0881. The lowest BCUT2D eigenvalue weighted by molar-refractivity contribution is -0.149. The van der Waals surface area contributed by atoms with Crippen LogP contribution in [-0.2, 0) is 16.1 Å². The molecule has 8 nitrogen and oxygen atoms in total. The summed E-state index contributed by atoms with van der Waals surface area (Å²) in [5, 5.41) is 11.5. The van der Waals surface area contributed by atoms with E-state index in [9.17, 15) is 9.59 Å². The molecule has 0 bridgehead atoms. The van der Waals surface area contributed by atoms with Crippen LogP contribution >= 0.6 is 0 Å². The molecule has 0 spiro atoms. The molecule has 2 heterocycles. The Morgan fingerprint density at radius 1 is 1.09 bits per heavy atom. The fourth-order valence-electron chi connectivity index (χ4n) is 4.32. The first-order valence-electron chi connectivity index (χ1n) is 12.1. The van der Waals surface area contributed by atoms with E-state index in [4.69, 9.17) is 19.3 Å². The number of hydrogen-bond donors (Lipinski definition) is 2. The van der Waals surface area contributed by atoms with Gasteiger partial charge in [-0.1, -0.05) is 18.2 Å². The molecule has 0 aromatic heterocycles. The van der Waals surface area contributed by atoms with Crippen molar-refractivity contribution in [3.05, 3.63) is 53.6 Å². The molecule has 2 aliphatic rings. The van der Waals surface area contributed by atoms with Gasteiger partial charge in [0.15, 0.2) is 0 Å². The lowest BCUT2D eigenvalue weighted by Gasteiger charge is -2.38. The number of amides is 2. The van der Waals surface area contributed by atoms with Gasteiger partial charge in [0.05, 0.1) is 13.2 Å². The molecule has 35 heavy (non-hydrogen) atoms. The first-order chi connectivity index (χ1) is 16.7. The molecule has 2 amide bonds. The number of hydrogen-bond acceptors (Lipinski definition) is 6. The molecule has 1 unspecified atom stereocenters. The van der Waals surface area contributed by atoms with Gasteiger partial charge >= 0.3 is 6.09 Å². The third kappa shape index (κ3) is 6.32. The van der Waals surface area contributed by atoms with Crippen LogP contribution in [-0.4, -0.2) is 60.1 Å². The minimum atomic E-state index is -0.497. The Hall–Kier alpha value is -3.10. The third-order valence-corrected chi connectivity index (χ3v) is 6.16. The number of ether oxygens (including phenoxy) is 3. The van der Waals surface area contributed by atoms with E-state index in [2.05, 4.69) is 11.4 Å². The van der Waals surface area contributed by atoms with E-state index in [0.29, 0.717) is 25.3 Å². The maximum absolute atomic E-state index is 12.3. The Morgan fingerprint density at radius 2 is 1.77 bits per heavy atom. The Labute approximate surface area is 206 Å². The van der Waals surface area contributed by atoms with Crippen LogP contribution in [0.4, 0.5) is 4.79 Å². The smallest absolute Gasteiger partial charge is 0.410 e. The summed E-state index contributed by atoms with van der Waals surface area (Å²) in [4.78, 5) is 26.1. The predicted octanol–water partition coefficient (Wildman–Crippen LogP) is 3.96. The zero-order valence-electron chi connectivity index (χ0n) is 20.6. The van der Waals surface area contributed by atoms with Crippen molar-refractivity contribution in [2.24, 2.45) is 5.92 Å². The second-order valence-electron chi connectivity index (χ2n) is 9.98. The number of aliphatic hydroxyl groups excluding tert-OH is 1. The number of fused-ring (bicyclic) bond motifs is 1. The van der Waals surface area contributed by atoms with Crippen LogP contribution in [0.5, 0.6) is 5.75 Å². The molecular weight excluding hydrogens is 448 g/mol. The number of carbonyl (C=O) groups is 2. The number of benzene rings is 2. The molecule has 2 aromatic carbocycles. The Morgan fingerprint density at radius 3 is 2.43 bits per heavy atom. The second kappa shape index (κ2) is 10.7. The minimum Gasteiger partial charge on any atom is -0.464 e. The highest BCUT2D eigenvalue weighted by atomic mass is 16.7. The molecule has 2 N–H and O–H groups in total. The van der Waals surface area contributed by atoms with Crippen molar-refractivity contribution < 1.29 is 28.9 Å². The van der Waals surface area contributed by atoms with Gasteiger partial charge in [-0.15, -0.1) is 0 Å². The van der Waals surface area contributed by atoms with E-state index in [0.717, 1.165) is 35.3 Å². The summed E-state index contributed by atoms with van der Waals surface area (Å²) in [5.74, 6) is 0.825. The number of nitrogens with zero attached hydrogens (tertiary/aromatic N) is 1. The van der Waals surface area contributed by atoms with Gasteiger partial charge in [-0.25, -0.2) is 4.79 Å². The molecule has 0 radical (unpaired) electrons. The number of piperidine rings is 1. The Kier molecular flexibility index (Phi) is 7.62. The molecule has 2 aromatic rings. The summed E-state index contributed by atoms with van der Waals surface area (Å²) in [6.07, 6.45) is 1.01. The summed E-state index contributed by atoms with van der Waals surface area (Å²) in [7, 11) is 0. The van der Waals surface area contributed by atoms with Gasteiger partial charge in [-0.2, -0.15) is 0 Å². The molecule has 4 rings (SSSR count). The number of aliphatic hydroxyl groups is 1. The van der Waals surface area contributed by atoms with Crippen LogP contribution in [0.3, 0.4) is 0 Å². The van der Waals surface area contributed by atoms with E-state index in [1.807, 2.05) is 45.0 Å². The van der Waals surface area contributed by atoms with Gasteiger partial charge in [-0.05, 0) is 69.0 Å². The third-order valence-electron chi connectivity index (χ3n) is 6.16. The molecule has 1 fully saturated rings. The average Bonchev–Trinajstić information content (AvgIpc) is 2.86. The van der Waals surface area contributed by atoms with E-state index in [-0.39, 0.29) is 37.4 Å². The van der Waals surface area contributed by atoms with E-state index >= 15 is 0 Å². The topological polar surface area (TPSA) is 97.3 Å². The van der Waals surface area contributed by atoms with Crippen molar-refractivity contribution in [2.45, 2.75) is 52.1 Å². The number of nitrogens with one attached hydrogen (secondary N) is 1. The van der Waals surface area contributed by atoms with Crippen LogP contribution in [0, 0.1) is 5.92 Å². The van der Waals surface area contributed by atoms with Gasteiger partial charge < -0.3 is 29.5 Å². The first kappa shape index (κ1) is 25.0. The van der Waals surface area contributed by atoms with Crippen molar-refractivity contribution in [1.29, 1.82) is 0 Å². The summed E-state index contributed by atoms with van der Waals surface area (Å²) in [5.41, 5.74) is 3.04. The van der Waals surface area contributed by atoms with E-state index in [1.54, 1.807) is 17.0 Å². The van der Waals surface area contributed by atoms with Crippen LogP contribution < -0.4 is 10.1 Å². The van der Waals surface area contributed by atoms with E-state index < -0.39 is 5.60 Å². The highest BCUT2D eigenvalue weighted by molar-refractivity contribution is 5.94. The number of likely N-dealkylation sites (tertiary alicyclic amines) is 1. The van der Waals surface area contributed by atoms with Gasteiger partial charge in [0.25, 0.3) is 5.91 Å². The lowest BCUT2D eigenvalue weighted by atomic mass is 9.95. The molecule has 1 atom stereocenters. The maximum Gasteiger partial charge on any atom is 0.410 e. The zero-order chi connectivity index (χ0) is 25.0. The largest absolute Gasteiger partial charge is 0.464 e. The quantitative estimate of drug-likeness (QED) is 0.670. The highest BCUT2D eigenvalue weighted by Gasteiger charge is 2.34. The highest BCUT2D eigenvalue weighted by Crippen LogP contribution is 2.35. The SMILES string of the molecule is CC(C)(C)OC(=O)N1CCC(C2OCc3cc(-c4ccc(C(=O)NCCO)cc4)ccc3O2)CC1. The fraction of sp³-hybridized carbons (Fsp3) is 0.481. The number of rotatable bonds is 5. The van der Waals surface area contributed by atoms with E-state index in [1.165, 1.54) is 0 Å². The summed E-state index contributed by atoms with van der Waals surface area (Å²) < 4.78 is 17.7. The van der Waals surface area contributed by atoms with Crippen LogP contribution in [0.1, 0.15) is 49.5 Å².